The van der Waals surface area contributed by atoms with E-state index in [1.807, 2.05) is 17.2 Å². The van der Waals surface area contributed by atoms with E-state index in [1.165, 1.54) is 0 Å². The number of amides is 1. The second kappa shape index (κ2) is 9.06. The average Bonchev–Trinajstić information content (AvgIpc) is 2.95. The van der Waals surface area contributed by atoms with Gasteiger partial charge in [0.25, 0.3) is 0 Å². The second-order valence-electron chi connectivity index (χ2n) is 9.69. The molecule has 1 saturated carbocycles. The van der Waals surface area contributed by atoms with E-state index in [2.05, 4.69) is 31.1 Å². The van der Waals surface area contributed by atoms with Crippen molar-refractivity contribution in [3.63, 3.8) is 0 Å². The van der Waals surface area contributed by atoms with Crippen molar-refractivity contribution in [2.24, 2.45) is 11.8 Å². The van der Waals surface area contributed by atoms with Crippen LogP contribution in [0.2, 0.25) is 0 Å². The second-order valence-corrected chi connectivity index (χ2v) is 9.69. The van der Waals surface area contributed by atoms with E-state index in [0.717, 1.165) is 37.4 Å². The lowest BCUT2D eigenvalue weighted by atomic mass is 9.87. The maximum absolute atomic E-state index is 11.6. The third-order valence-corrected chi connectivity index (χ3v) is 6.49. The maximum Gasteiger partial charge on any atom is 0.219 e. The molecule has 7 nitrogen and oxygen atoms in total. The number of carbonyl (C=O) groups is 1. The fraction of sp³-hybridized carbons (Fsp3) is 0.773. The van der Waals surface area contributed by atoms with Crippen LogP contribution in [0.1, 0.15) is 58.5 Å². The van der Waals surface area contributed by atoms with Crippen molar-refractivity contribution < 1.29 is 15.0 Å². The van der Waals surface area contributed by atoms with Gasteiger partial charge in [0.15, 0.2) is 0 Å². The van der Waals surface area contributed by atoms with Crippen LogP contribution in [-0.4, -0.2) is 68.9 Å². The third-order valence-electron chi connectivity index (χ3n) is 6.49. The van der Waals surface area contributed by atoms with Crippen LogP contribution in [0.5, 0.6) is 0 Å². The normalized spacial score (nSPS) is 28.7. The fourth-order valence-corrected chi connectivity index (χ4v) is 4.71. The topological polar surface area (TPSA) is 98.6 Å². The predicted octanol–water partition coefficient (Wildman–Crippen LogP) is 1.27. The summed E-state index contributed by atoms with van der Waals surface area (Å²) in [7, 11) is 0. The van der Waals surface area contributed by atoms with E-state index in [1.54, 1.807) is 6.92 Å². The Morgan fingerprint density at radius 3 is 2.55 bits per heavy atom. The molecule has 0 radical (unpaired) electrons. The van der Waals surface area contributed by atoms with Gasteiger partial charge in [-0.15, -0.1) is 0 Å². The number of hydrogen-bond donors (Lipinski definition) is 3. The monoisotopic (exact) mass is 404 g/mol. The molecule has 1 saturated heterocycles. The number of nitrogens with zero attached hydrogens (tertiary/aromatic N) is 3. The summed E-state index contributed by atoms with van der Waals surface area (Å²) in [5.74, 6) is 0.910. The Morgan fingerprint density at radius 2 is 1.97 bits per heavy atom. The zero-order valence-electron chi connectivity index (χ0n) is 18.1. The highest BCUT2D eigenvalue weighted by molar-refractivity contribution is 5.73. The van der Waals surface area contributed by atoms with E-state index < -0.39 is 6.10 Å². The van der Waals surface area contributed by atoms with Gasteiger partial charge in [0.05, 0.1) is 6.10 Å². The van der Waals surface area contributed by atoms with E-state index >= 15 is 0 Å². The van der Waals surface area contributed by atoms with Gasteiger partial charge < -0.3 is 20.4 Å². The number of aromatic nitrogens is 2. The summed E-state index contributed by atoms with van der Waals surface area (Å²) in [6.07, 6.45) is 4.48. The summed E-state index contributed by atoms with van der Waals surface area (Å²) >= 11 is 0. The molecular formula is C22H36N4O3. The van der Waals surface area contributed by atoms with Crippen LogP contribution in [0.25, 0.3) is 0 Å². The molecule has 4 unspecified atom stereocenters. The van der Waals surface area contributed by atoms with Gasteiger partial charge in [0.2, 0.25) is 5.91 Å². The first kappa shape index (κ1) is 22.1. The lowest BCUT2D eigenvalue weighted by Crippen LogP contribution is -2.49. The van der Waals surface area contributed by atoms with E-state index in [-0.39, 0.29) is 35.8 Å². The first-order valence-electron chi connectivity index (χ1n) is 10.8. The smallest absolute Gasteiger partial charge is 0.219 e. The molecule has 7 heteroatoms. The Bertz CT molecular complexity index is 698. The zero-order valence-corrected chi connectivity index (χ0v) is 18.1. The molecule has 0 aromatic carbocycles. The van der Waals surface area contributed by atoms with Crippen molar-refractivity contribution in [3.8, 4) is 0 Å². The number of aliphatic hydroxyl groups excluding tert-OH is 2. The molecule has 1 aromatic rings. The Kier molecular flexibility index (Phi) is 6.91. The minimum absolute atomic E-state index is 0.0238. The van der Waals surface area contributed by atoms with Gasteiger partial charge in [-0.25, -0.2) is 9.97 Å². The lowest BCUT2D eigenvalue weighted by molar-refractivity contribution is -0.129. The Hall–Kier alpha value is -1.57. The molecule has 29 heavy (non-hydrogen) atoms. The molecule has 0 bridgehead atoms. The van der Waals surface area contributed by atoms with Crippen LogP contribution in [0.15, 0.2) is 12.3 Å². The van der Waals surface area contributed by atoms with Gasteiger partial charge >= 0.3 is 0 Å². The minimum Gasteiger partial charge on any atom is -0.396 e. The number of carbonyl (C=O) groups excluding carboxylic acids is 1. The average molecular weight is 405 g/mol. The lowest BCUT2D eigenvalue weighted by Gasteiger charge is -2.35. The van der Waals surface area contributed by atoms with Crippen molar-refractivity contribution in [1.82, 2.24) is 20.2 Å². The quantitative estimate of drug-likeness (QED) is 0.684. The Morgan fingerprint density at radius 1 is 1.28 bits per heavy atom. The molecule has 3 rings (SSSR count). The molecule has 4 atom stereocenters. The van der Waals surface area contributed by atoms with Gasteiger partial charge in [-0.1, -0.05) is 20.8 Å². The van der Waals surface area contributed by atoms with Crippen molar-refractivity contribution >= 4 is 5.91 Å². The highest BCUT2D eigenvalue weighted by Gasteiger charge is 2.43. The molecule has 162 valence electrons. The molecule has 2 heterocycles. The largest absolute Gasteiger partial charge is 0.396 e. The number of aliphatic hydroxyl groups is 2. The summed E-state index contributed by atoms with van der Waals surface area (Å²) in [6, 6.07) is 2.40. The standard InChI is InChI=1S/C22H36N4O3/c1-14(28)26-9-6-15(7-10-26)24-19-12-20(29)18(13-27)17(19)11-16-5-8-23-21(25-16)22(2,3)4/h5,8,15,17-20,24,27,29H,6-7,9-13H2,1-4H3. The molecule has 1 aliphatic carbocycles. The fourth-order valence-electron chi connectivity index (χ4n) is 4.71. The van der Waals surface area contributed by atoms with Crippen LogP contribution in [0.4, 0.5) is 0 Å². The summed E-state index contributed by atoms with van der Waals surface area (Å²) in [5.41, 5.74) is 0.838. The Balaban J connectivity index is 1.70. The minimum atomic E-state index is -0.510. The van der Waals surface area contributed by atoms with Gasteiger partial charge in [-0.2, -0.15) is 0 Å². The molecule has 1 aromatic heterocycles. The SMILES string of the molecule is CC(=O)N1CCC(NC2CC(O)C(CO)C2Cc2ccnc(C(C)(C)C)n2)CC1. The van der Waals surface area contributed by atoms with Gasteiger partial charge in [-0.3, -0.25) is 4.79 Å². The summed E-state index contributed by atoms with van der Waals surface area (Å²) in [4.78, 5) is 22.6. The van der Waals surface area contributed by atoms with Crippen molar-refractivity contribution in [1.29, 1.82) is 0 Å². The molecule has 0 spiro atoms. The molecule has 2 aliphatic rings. The highest BCUT2D eigenvalue weighted by atomic mass is 16.3. The molecule has 2 fully saturated rings. The Labute approximate surface area is 173 Å². The third kappa shape index (κ3) is 5.32. The van der Waals surface area contributed by atoms with Gasteiger partial charge in [-0.05, 0) is 37.7 Å². The highest BCUT2D eigenvalue weighted by Crippen LogP contribution is 2.35. The van der Waals surface area contributed by atoms with E-state index in [0.29, 0.717) is 18.9 Å². The summed E-state index contributed by atoms with van der Waals surface area (Å²) in [6.45, 7) is 9.44. The molecule has 1 aliphatic heterocycles. The molecular weight excluding hydrogens is 368 g/mol. The van der Waals surface area contributed by atoms with Crippen LogP contribution in [0.3, 0.4) is 0 Å². The first-order valence-corrected chi connectivity index (χ1v) is 10.8. The predicted molar refractivity (Wildman–Crippen MR) is 111 cm³/mol. The number of piperidine rings is 1. The van der Waals surface area contributed by atoms with Crippen molar-refractivity contribution in [3.05, 3.63) is 23.8 Å². The van der Waals surface area contributed by atoms with Crippen LogP contribution in [0, 0.1) is 11.8 Å². The van der Waals surface area contributed by atoms with Crippen molar-refractivity contribution in [2.75, 3.05) is 19.7 Å². The maximum atomic E-state index is 11.6. The van der Waals surface area contributed by atoms with Crippen LogP contribution >= 0.6 is 0 Å². The van der Waals surface area contributed by atoms with E-state index in [9.17, 15) is 15.0 Å². The summed E-state index contributed by atoms with van der Waals surface area (Å²) in [5, 5.41) is 24.2. The molecule has 3 N–H and O–H groups in total. The van der Waals surface area contributed by atoms with E-state index in [4.69, 9.17) is 4.98 Å². The van der Waals surface area contributed by atoms with Crippen LogP contribution in [-0.2, 0) is 16.6 Å². The first-order chi connectivity index (χ1) is 13.7. The van der Waals surface area contributed by atoms with Crippen molar-refractivity contribution in [2.45, 2.75) is 77.0 Å². The number of hydrogen-bond acceptors (Lipinski definition) is 6. The van der Waals surface area contributed by atoms with Gasteiger partial charge in [0, 0.05) is 61.9 Å². The number of rotatable bonds is 5. The number of nitrogens with one attached hydrogen (secondary N) is 1. The van der Waals surface area contributed by atoms with Gasteiger partial charge in [0.1, 0.15) is 5.82 Å². The summed E-state index contributed by atoms with van der Waals surface area (Å²) < 4.78 is 0. The van der Waals surface area contributed by atoms with Crippen LogP contribution < -0.4 is 5.32 Å². The molecule has 1 amide bonds. The zero-order chi connectivity index (χ0) is 21.2. The number of likely N-dealkylation sites (tertiary alicyclic amines) is 1.